The summed E-state index contributed by atoms with van der Waals surface area (Å²) in [5, 5.41) is 1.49. The summed E-state index contributed by atoms with van der Waals surface area (Å²) in [5.41, 5.74) is 9.57. The fourth-order valence-corrected chi connectivity index (χ4v) is 3.83. The summed E-state index contributed by atoms with van der Waals surface area (Å²) in [6, 6.07) is 6.12. The summed E-state index contributed by atoms with van der Waals surface area (Å²) in [6.07, 6.45) is 2.17. The van der Waals surface area contributed by atoms with Crippen LogP contribution in [0.4, 0.5) is 5.13 Å². The molecule has 88 valence electrons. The van der Waals surface area contributed by atoms with Gasteiger partial charge in [-0.1, -0.05) is 17.7 Å². The van der Waals surface area contributed by atoms with E-state index in [-0.39, 0.29) is 0 Å². The molecule has 0 saturated heterocycles. The number of aryl methyl sites for hydroxylation is 2. The lowest BCUT2D eigenvalue weighted by molar-refractivity contribution is 0.785. The second kappa shape index (κ2) is 4.00. The molecule has 1 unspecified atom stereocenters. The molecular formula is C13H13ClN2S. The molecule has 0 fully saturated rings. The molecule has 2 N–H and O–H groups in total. The van der Waals surface area contributed by atoms with E-state index >= 15 is 0 Å². The number of aromatic nitrogens is 1. The molecule has 1 aromatic carbocycles. The number of hydrogen-bond donors (Lipinski definition) is 1. The summed E-state index contributed by atoms with van der Waals surface area (Å²) < 4.78 is 0. The first-order chi connectivity index (χ1) is 8.15. The standard InChI is InChI=1S/C13H13ClN2S/c1-7-6-8(14)2-3-9(7)10-4-5-11-12(10)17-13(15)16-11/h2-3,6,10H,4-5H2,1H3,(H2,15,16). The summed E-state index contributed by atoms with van der Waals surface area (Å²) in [4.78, 5) is 5.73. The van der Waals surface area contributed by atoms with E-state index in [1.54, 1.807) is 11.3 Å². The predicted octanol–water partition coefficient (Wildman–Crippen LogP) is 3.77. The van der Waals surface area contributed by atoms with Gasteiger partial charge >= 0.3 is 0 Å². The fourth-order valence-electron chi connectivity index (χ4n) is 2.57. The van der Waals surface area contributed by atoms with E-state index < -0.39 is 0 Å². The molecule has 0 radical (unpaired) electrons. The van der Waals surface area contributed by atoms with Gasteiger partial charge in [-0.25, -0.2) is 4.98 Å². The molecule has 2 nitrogen and oxygen atoms in total. The van der Waals surface area contributed by atoms with Crippen molar-refractivity contribution < 1.29 is 0 Å². The van der Waals surface area contributed by atoms with Gasteiger partial charge in [-0.2, -0.15) is 0 Å². The molecule has 1 aliphatic rings. The van der Waals surface area contributed by atoms with Gasteiger partial charge in [0.2, 0.25) is 0 Å². The van der Waals surface area contributed by atoms with Gasteiger partial charge in [0.25, 0.3) is 0 Å². The van der Waals surface area contributed by atoms with Crippen LogP contribution in [0.15, 0.2) is 18.2 Å². The Labute approximate surface area is 109 Å². The summed E-state index contributed by atoms with van der Waals surface area (Å²) in [5.74, 6) is 0.456. The normalized spacial score (nSPS) is 18.4. The number of nitrogens with two attached hydrogens (primary N) is 1. The van der Waals surface area contributed by atoms with E-state index in [0.717, 1.165) is 17.9 Å². The Morgan fingerprint density at radius 1 is 1.47 bits per heavy atom. The third kappa shape index (κ3) is 1.83. The number of nitrogens with zero attached hydrogens (tertiary/aromatic N) is 1. The minimum Gasteiger partial charge on any atom is -0.375 e. The Morgan fingerprint density at radius 2 is 2.29 bits per heavy atom. The highest BCUT2D eigenvalue weighted by molar-refractivity contribution is 7.15. The summed E-state index contributed by atoms with van der Waals surface area (Å²) in [7, 11) is 0. The molecule has 0 aliphatic heterocycles. The van der Waals surface area contributed by atoms with Crippen LogP contribution < -0.4 is 5.73 Å². The fraction of sp³-hybridized carbons (Fsp3) is 0.308. The lowest BCUT2D eigenvalue weighted by Crippen LogP contribution is -1.97. The first-order valence-corrected chi connectivity index (χ1v) is 6.85. The number of nitrogen functional groups attached to an aromatic ring is 1. The Balaban J connectivity index is 2.06. The van der Waals surface area contributed by atoms with Crippen LogP contribution in [-0.2, 0) is 6.42 Å². The number of hydrogen-bond acceptors (Lipinski definition) is 3. The number of anilines is 1. The largest absolute Gasteiger partial charge is 0.375 e. The molecule has 0 amide bonds. The number of halogens is 1. The van der Waals surface area contributed by atoms with Crippen LogP contribution in [0.5, 0.6) is 0 Å². The van der Waals surface area contributed by atoms with Gasteiger partial charge in [-0.05, 0) is 43.0 Å². The van der Waals surface area contributed by atoms with Crippen molar-refractivity contribution in [3.8, 4) is 0 Å². The third-order valence-electron chi connectivity index (χ3n) is 3.34. The van der Waals surface area contributed by atoms with Gasteiger partial charge in [0.1, 0.15) is 0 Å². The van der Waals surface area contributed by atoms with Crippen LogP contribution in [0.1, 0.15) is 34.0 Å². The Morgan fingerprint density at radius 3 is 3.06 bits per heavy atom. The molecule has 0 spiro atoms. The van der Waals surface area contributed by atoms with Crippen LogP contribution >= 0.6 is 22.9 Å². The lowest BCUT2D eigenvalue weighted by Gasteiger charge is -2.13. The maximum Gasteiger partial charge on any atom is 0.180 e. The molecule has 0 saturated carbocycles. The highest BCUT2D eigenvalue weighted by Gasteiger charge is 2.28. The quantitative estimate of drug-likeness (QED) is 0.852. The molecule has 4 heteroatoms. The van der Waals surface area contributed by atoms with Gasteiger partial charge in [0, 0.05) is 15.8 Å². The van der Waals surface area contributed by atoms with Crippen molar-refractivity contribution in [1.82, 2.24) is 4.98 Å². The zero-order chi connectivity index (χ0) is 12.0. The van der Waals surface area contributed by atoms with Crippen molar-refractivity contribution in [2.75, 3.05) is 5.73 Å². The van der Waals surface area contributed by atoms with E-state index in [0.29, 0.717) is 11.0 Å². The maximum atomic E-state index is 6.00. The first-order valence-electron chi connectivity index (χ1n) is 5.66. The van der Waals surface area contributed by atoms with E-state index in [4.69, 9.17) is 17.3 Å². The molecular weight excluding hydrogens is 252 g/mol. The highest BCUT2D eigenvalue weighted by atomic mass is 35.5. The molecule has 1 aliphatic carbocycles. The van der Waals surface area contributed by atoms with Crippen LogP contribution in [0.25, 0.3) is 0 Å². The van der Waals surface area contributed by atoms with E-state index in [9.17, 15) is 0 Å². The molecule has 1 aromatic heterocycles. The molecule has 1 heterocycles. The number of fused-ring (bicyclic) bond motifs is 1. The van der Waals surface area contributed by atoms with E-state index in [2.05, 4.69) is 18.0 Å². The topological polar surface area (TPSA) is 38.9 Å². The molecule has 1 atom stereocenters. The zero-order valence-corrected chi connectivity index (χ0v) is 11.1. The third-order valence-corrected chi connectivity index (χ3v) is 4.61. The molecule has 17 heavy (non-hydrogen) atoms. The minimum absolute atomic E-state index is 0.456. The van der Waals surface area contributed by atoms with Crippen molar-refractivity contribution in [3.05, 3.63) is 44.9 Å². The molecule has 2 aromatic rings. The lowest BCUT2D eigenvalue weighted by atomic mass is 9.94. The Bertz CT molecular complexity index is 577. The van der Waals surface area contributed by atoms with Gasteiger partial charge in [0.05, 0.1) is 5.69 Å². The average Bonchev–Trinajstić information content (AvgIpc) is 2.78. The Kier molecular flexibility index (Phi) is 2.60. The number of benzene rings is 1. The monoisotopic (exact) mass is 264 g/mol. The van der Waals surface area contributed by atoms with E-state index in [1.165, 1.54) is 21.7 Å². The van der Waals surface area contributed by atoms with Crippen LogP contribution in [0.3, 0.4) is 0 Å². The number of rotatable bonds is 1. The maximum absolute atomic E-state index is 6.00. The second-order valence-corrected chi connectivity index (χ2v) is 5.95. The van der Waals surface area contributed by atoms with Crippen LogP contribution in [-0.4, -0.2) is 4.98 Å². The summed E-state index contributed by atoms with van der Waals surface area (Å²) >= 11 is 7.62. The number of thiazole rings is 1. The molecule has 3 rings (SSSR count). The average molecular weight is 265 g/mol. The van der Waals surface area contributed by atoms with Crippen molar-refractivity contribution in [2.45, 2.75) is 25.7 Å². The summed E-state index contributed by atoms with van der Waals surface area (Å²) in [6.45, 7) is 2.11. The van der Waals surface area contributed by atoms with Crippen molar-refractivity contribution in [3.63, 3.8) is 0 Å². The zero-order valence-electron chi connectivity index (χ0n) is 9.53. The predicted molar refractivity (Wildman–Crippen MR) is 72.9 cm³/mol. The highest BCUT2D eigenvalue weighted by Crippen LogP contribution is 2.43. The SMILES string of the molecule is Cc1cc(Cl)ccc1C1CCc2nc(N)sc21. The first kappa shape index (κ1) is 11.1. The van der Waals surface area contributed by atoms with E-state index in [1.807, 2.05) is 12.1 Å². The molecule has 0 bridgehead atoms. The van der Waals surface area contributed by atoms with Crippen molar-refractivity contribution >= 4 is 28.1 Å². The smallest absolute Gasteiger partial charge is 0.180 e. The minimum atomic E-state index is 0.456. The van der Waals surface area contributed by atoms with Crippen molar-refractivity contribution in [2.24, 2.45) is 0 Å². The Hall–Kier alpha value is -1.06. The van der Waals surface area contributed by atoms with Crippen LogP contribution in [0, 0.1) is 6.92 Å². The van der Waals surface area contributed by atoms with Gasteiger partial charge < -0.3 is 5.73 Å². The van der Waals surface area contributed by atoms with Gasteiger partial charge in [-0.3, -0.25) is 0 Å². The van der Waals surface area contributed by atoms with Gasteiger partial charge in [-0.15, -0.1) is 11.3 Å². The van der Waals surface area contributed by atoms with Crippen molar-refractivity contribution in [1.29, 1.82) is 0 Å². The second-order valence-electron chi connectivity index (χ2n) is 4.46. The van der Waals surface area contributed by atoms with Gasteiger partial charge in [0.15, 0.2) is 5.13 Å². The van der Waals surface area contributed by atoms with Crippen LogP contribution in [0.2, 0.25) is 5.02 Å².